The Labute approximate surface area is 401 Å². The highest BCUT2D eigenvalue weighted by atomic mass is 15.4. The van der Waals surface area contributed by atoms with Gasteiger partial charge in [0.15, 0.2) is 0 Å². The summed E-state index contributed by atoms with van der Waals surface area (Å²) in [6.07, 6.45) is 6.23. The molecule has 5 nitrogen and oxygen atoms in total. The lowest BCUT2D eigenvalue weighted by atomic mass is 10.00. The zero-order chi connectivity index (χ0) is 45.6. The number of nitrogens with zero attached hydrogens (tertiary/aromatic N) is 3. The van der Waals surface area contributed by atoms with E-state index in [9.17, 15) is 0 Å². The summed E-state index contributed by atoms with van der Waals surface area (Å²) in [5.41, 5.74) is 21.9. The van der Waals surface area contributed by atoms with Crippen LogP contribution in [0.3, 0.4) is 0 Å². The number of rotatable bonds is 9. The maximum Gasteiger partial charge on any atom is 0.0881 e. The summed E-state index contributed by atoms with van der Waals surface area (Å²) < 4.78 is 5.02. The summed E-state index contributed by atoms with van der Waals surface area (Å²) in [5, 5.41) is 15.2. The molecule has 0 saturated carbocycles. The van der Waals surface area contributed by atoms with Gasteiger partial charge in [0.2, 0.25) is 0 Å². The molecule has 1 fully saturated rings. The van der Waals surface area contributed by atoms with Crippen molar-refractivity contribution in [2.75, 3.05) is 6.54 Å². The first kappa shape index (κ1) is 40.0. The summed E-state index contributed by atoms with van der Waals surface area (Å²) >= 11 is 0. The number of hydrogen-bond donors (Lipinski definition) is 2. The lowest BCUT2D eigenvalue weighted by Crippen LogP contribution is -2.36. The third-order valence-corrected chi connectivity index (χ3v) is 15.0. The molecule has 1 aliphatic carbocycles. The average Bonchev–Trinajstić information content (AvgIpc) is 4.05. The van der Waals surface area contributed by atoms with Gasteiger partial charge in [-0.3, -0.25) is 10.2 Å². The molecular formula is C64H49N5. The highest BCUT2D eigenvalue weighted by Gasteiger charge is 2.42. The van der Waals surface area contributed by atoms with Gasteiger partial charge in [-0.1, -0.05) is 170 Å². The van der Waals surface area contributed by atoms with Gasteiger partial charge in [0.25, 0.3) is 0 Å². The molecule has 2 aromatic heterocycles. The number of allylic oxidation sites excluding steroid dienone is 1. The van der Waals surface area contributed by atoms with Gasteiger partial charge in [-0.15, -0.1) is 0 Å². The van der Waals surface area contributed by atoms with Crippen molar-refractivity contribution in [3.8, 4) is 22.5 Å². The first-order valence-electron chi connectivity index (χ1n) is 24.3. The summed E-state index contributed by atoms with van der Waals surface area (Å²) in [6.45, 7) is 0.911. The molecule has 4 atom stereocenters. The van der Waals surface area contributed by atoms with Crippen LogP contribution in [-0.4, -0.2) is 20.6 Å². The fourth-order valence-electron chi connectivity index (χ4n) is 11.5. The van der Waals surface area contributed by atoms with Crippen molar-refractivity contribution in [1.82, 2.24) is 19.4 Å². The number of benzene rings is 10. The van der Waals surface area contributed by atoms with Crippen LogP contribution in [-0.2, 0) is 6.42 Å². The molecule has 3 N–H and O–H groups in total. The van der Waals surface area contributed by atoms with Gasteiger partial charge >= 0.3 is 0 Å². The van der Waals surface area contributed by atoms with Crippen LogP contribution in [0.4, 0.5) is 0 Å². The van der Waals surface area contributed by atoms with E-state index in [0.29, 0.717) is 0 Å². The first-order chi connectivity index (χ1) is 34.1. The Bertz CT molecular complexity index is 3950. The van der Waals surface area contributed by atoms with Crippen LogP contribution in [0.15, 0.2) is 218 Å². The molecule has 0 spiro atoms. The number of nitrogens with two attached hydrogens (primary N) is 1. The lowest BCUT2D eigenvalue weighted by Gasteiger charge is -2.27. The minimum atomic E-state index is -0.376. The van der Waals surface area contributed by atoms with Crippen LogP contribution in [0.25, 0.3) is 93.6 Å². The lowest BCUT2D eigenvalue weighted by molar-refractivity contribution is 0.287. The Balaban J connectivity index is 0.866. The molecule has 0 radical (unpaired) electrons. The number of aromatic nitrogens is 2. The van der Waals surface area contributed by atoms with E-state index in [0.717, 1.165) is 24.9 Å². The molecule has 12 aromatic rings. The van der Waals surface area contributed by atoms with Gasteiger partial charge in [0, 0.05) is 51.1 Å². The Morgan fingerprint density at radius 1 is 0.478 bits per heavy atom. The van der Waals surface area contributed by atoms with Crippen molar-refractivity contribution >= 4 is 71.1 Å². The maximum absolute atomic E-state index is 7.13. The van der Waals surface area contributed by atoms with Gasteiger partial charge in [-0.25, -0.2) is 0 Å². The molecule has 1 saturated heterocycles. The molecule has 14 rings (SSSR count). The Kier molecular flexibility index (Phi) is 9.31. The Hall–Kier alpha value is -8.06. The van der Waals surface area contributed by atoms with Gasteiger partial charge in [-0.2, -0.15) is 0 Å². The number of nitrogens with one attached hydrogen (secondary N) is 1. The summed E-state index contributed by atoms with van der Waals surface area (Å²) in [5.74, 6) is 0. The topological polar surface area (TPSA) is 50.9 Å². The fraction of sp³-hybridized carbons (Fsp3) is 0.0938. The third-order valence-electron chi connectivity index (χ3n) is 15.0. The second kappa shape index (κ2) is 16.0. The molecule has 1 aliphatic heterocycles. The quantitative estimate of drug-likeness (QED) is 0.112. The summed E-state index contributed by atoms with van der Waals surface area (Å²) in [7, 11) is 0. The molecule has 330 valence electrons. The van der Waals surface area contributed by atoms with Crippen molar-refractivity contribution in [2.45, 2.75) is 31.2 Å². The van der Waals surface area contributed by atoms with Gasteiger partial charge < -0.3 is 14.9 Å². The van der Waals surface area contributed by atoms with Crippen molar-refractivity contribution in [3.05, 3.63) is 246 Å². The van der Waals surface area contributed by atoms with E-state index in [-0.39, 0.29) is 18.4 Å². The van der Waals surface area contributed by atoms with Crippen LogP contribution < -0.4 is 11.1 Å². The highest BCUT2D eigenvalue weighted by molar-refractivity contribution is 6.10. The highest BCUT2D eigenvalue weighted by Crippen LogP contribution is 2.46. The molecule has 10 aromatic carbocycles. The minimum Gasteiger partial charge on any atom is -0.312 e. The van der Waals surface area contributed by atoms with Crippen LogP contribution in [0.5, 0.6) is 0 Å². The molecule has 69 heavy (non-hydrogen) atoms. The summed E-state index contributed by atoms with van der Waals surface area (Å²) in [4.78, 5) is 2.57. The Morgan fingerprint density at radius 3 is 1.93 bits per heavy atom. The van der Waals surface area contributed by atoms with E-state index in [1.54, 1.807) is 0 Å². The fourth-order valence-corrected chi connectivity index (χ4v) is 11.5. The largest absolute Gasteiger partial charge is 0.312 e. The second-order valence-electron chi connectivity index (χ2n) is 19.0. The Morgan fingerprint density at radius 2 is 1.13 bits per heavy atom. The predicted molar refractivity (Wildman–Crippen MR) is 288 cm³/mol. The van der Waals surface area contributed by atoms with Crippen LogP contribution in [0, 0.1) is 0 Å². The van der Waals surface area contributed by atoms with E-state index in [2.05, 4.69) is 244 Å². The molecule has 4 unspecified atom stereocenters. The minimum absolute atomic E-state index is 0.109. The number of para-hydroxylation sites is 2. The van der Waals surface area contributed by atoms with Crippen LogP contribution >= 0.6 is 0 Å². The zero-order valence-corrected chi connectivity index (χ0v) is 38.1. The monoisotopic (exact) mass is 887 g/mol. The van der Waals surface area contributed by atoms with E-state index in [1.807, 2.05) is 0 Å². The van der Waals surface area contributed by atoms with E-state index < -0.39 is 0 Å². The molecule has 3 heterocycles. The average molecular weight is 888 g/mol. The van der Waals surface area contributed by atoms with Crippen molar-refractivity contribution in [2.24, 2.45) is 5.73 Å². The predicted octanol–water partition coefficient (Wildman–Crippen LogP) is 15.1. The second-order valence-corrected chi connectivity index (χ2v) is 19.0. The van der Waals surface area contributed by atoms with E-state index in [4.69, 9.17) is 5.73 Å². The van der Waals surface area contributed by atoms with Gasteiger partial charge in [-0.05, 0) is 122 Å². The number of hydrogen-bond acceptors (Lipinski definition) is 3. The molecule has 2 aliphatic rings. The normalized spacial score (nSPS) is 16.5. The number of fused-ring (bicyclic) bond motifs is 9. The van der Waals surface area contributed by atoms with Crippen LogP contribution in [0.1, 0.15) is 52.7 Å². The molecule has 0 amide bonds. The smallest absolute Gasteiger partial charge is 0.0881 e. The molecular weight excluding hydrogens is 839 g/mol. The first-order valence-corrected chi connectivity index (χ1v) is 24.3. The van der Waals surface area contributed by atoms with Crippen molar-refractivity contribution in [3.63, 3.8) is 0 Å². The van der Waals surface area contributed by atoms with E-state index in [1.165, 1.54) is 110 Å². The van der Waals surface area contributed by atoms with Crippen molar-refractivity contribution < 1.29 is 0 Å². The van der Waals surface area contributed by atoms with Crippen molar-refractivity contribution in [1.29, 1.82) is 0 Å². The van der Waals surface area contributed by atoms with Gasteiger partial charge in [0.05, 0.1) is 34.6 Å². The summed E-state index contributed by atoms with van der Waals surface area (Å²) in [6, 6.07) is 78.2. The standard InChI is InChI=1S/C64H49N5/c65-63(44-29-26-43(27-30-44)41-14-2-1-3-15-41)66-64(48-31-28-42-16-4-5-17-45(42)34-48)67-40-62(67)50-35-47-18-6-7-19-52(47)60(39-50)69-59-25-13-10-22-55(59)56-37-49-36-51(33-32-46(49)38-61(56)69)68-57-23-11-8-20-53(57)54-21-9-12-24-58(54)68/h1-12,14-24,26-39,62-64,66H,13,25,40,65H2. The molecule has 5 heteroatoms. The molecule has 0 bridgehead atoms. The maximum atomic E-state index is 7.13. The zero-order valence-electron chi connectivity index (χ0n) is 38.1. The van der Waals surface area contributed by atoms with Gasteiger partial charge in [0.1, 0.15) is 0 Å². The third kappa shape index (κ3) is 6.73. The SMILES string of the molecule is NC(NC(c1ccc2ccccc2c1)N1CC1c1cc(-n2c3c(c4cc5cc(-n6c7ccccc7c7ccccc76)ccc5cc42)C=CCC3)c2ccccc2c1)c1ccc(-c2ccccc2)cc1. The van der Waals surface area contributed by atoms with Crippen LogP contribution in [0.2, 0.25) is 0 Å². The van der Waals surface area contributed by atoms with E-state index >= 15 is 0 Å².